The number of carboxylic acid groups (broad SMARTS) is 2. The molecule has 0 atom stereocenters. The van der Waals surface area contributed by atoms with E-state index in [-0.39, 0.29) is 12.5 Å². The molecule has 154 valence electrons. The SMILES string of the molecule is Cc1cc(CNCC2(F)CCC(C(=O)O)CC2)c(C)o1.O=C(O)C(F)(F)F. The zero-order valence-electron chi connectivity index (χ0n) is 15.0. The second-order valence-corrected chi connectivity index (χ2v) is 6.61. The van der Waals surface area contributed by atoms with Crippen molar-refractivity contribution in [3.63, 3.8) is 0 Å². The Kier molecular flexibility index (Phi) is 7.82. The lowest BCUT2D eigenvalue weighted by atomic mass is 9.80. The van der Waals surface area contributed by atoms with Crippen LogP contribution in [0.25, 0.3) is 0 Å². The van der Waals surface area contributed by atoms with Gasteiger partial charge in [0.05, 0.1) is 5.92 Å². The van der Waals surface area contributed by atoms with Crippen molar-refractivity contribution in [3.8, 4) is 0 Å². The molecule has 0 saturated heterocycles. The first-order valence-electron chi connectivity index (χ1n) is 8.32. The first-order valence-corrected chi connectivity index (χ1v) is 8.32. The standard InChI is InChI=1S/C15H22FNO3.C2HF3O2/c1-10-7-13(11(2)20-10)8-17-9-15(16)5-3-12(4-6-15)14(18)19;3-2(4,5)1(6)7/h7,12,17H,3-6,8-9H2,1-2H3,(H,18,19);(H,6,7). The van der Waals surface area contributed by atoms with Crippen LogP contribution in [-0.4, -0.2) is 40.5 Å². The monoisotopic (exact) mass is 397 g/mol. The summed E-state index contributed by atoms with van der Waals surface area (Å²) in [7, 11) is 0. The van der Waals surface area contributed by atoms with Crippen LogP contribution in [0, 0.1) is 19.8 Å². The van der Waals surface area contributed by atoms with Crippen LogP contribution in [0.4, 0.5) is 17.6 Å². The highest BCUT2D eigenvalue weighted by atomic mass is 19.4. The maximum Gasteiger partial charge on any atom is 0.490 e. The summed E-state index contributed by atoms with van der Waals surface area (Å²) in [6, 6.07) is 1.95. The lowest BCUT2D eigenvalue weighted by molar-refractivity contribution is -0.192. The minimum Gasteiger partial charge on any atom is -0.481 e. The van der Waals surface area contributed by atoms with E-state index in [1.807, 2.05) is 19.9 Å². The van der Waals surface area contributed by atoms with Gasteiger partial charge in [-0.3, -0.25) is 4.79 Å². The average molecular weight is 397 g/mol. The second kappa shape index (κ2) is 9.20. The van der Waals surface area contributed by atoms with Crippen LogP contribution < -0.4 is 5.32 Å². The number of aryl methyl sites for hydroxylation is 2. The molecule has 1 aliphatic carbocycles. The Balaban J connectivity index is 0.000000445. The van der Waals surface area contributed by atoms with E-state index in [0.29, 0.717) is 32.2 Å². The second-order valence-electron chi connectivity index (χ2n) is 6.61. The number of alkyl halides is 4. The summed E-state index contributed by atoms with van der Waals surface area (Å²) in [4.78, 5) is 19.8. The Hall–Kier alpha value is -2.10. The molecule has 2 rings (SSSR count). The van der Waals surface area contributed by atoms with Crippen molar-refractivity contribution in [2.45, 2.75) is 57.9 Å². The normalized spacial score (nSPS) is 22.7. The molecule has 1 saturated carbocycles. The van der Waals surface area contributed by atoms with E-state index in [9.17, 15) is 22.4 Å². The van der Waals surface area contributed by atoms with Gasteiger partial charge in [0.2, 0.25) is 0 Å². The lowest BCUT2D eigenvalue weighted by Gasteiger charge is -2.32. The molecule has 1 aromatic rings. The molecule has 1 aliphatic rings. The fourth-order valence-corrected chi connectivity index (χ4v) is 2.84. The highest BCUT2D eigenvalue weighted by molar-refractivity contribution is 5.73. The molecule has 0 amide bonds. The largest absolute Gasteiger partial charge is 0.490 e. The number of furan rings is 1. The van der Waals surface area contributed by atoms with Gasteiger partial charge < -0.3 is 19.9 Å². The molecule has 0 aromatic carbocycles. The van der Waals surface area contributed by atoms with Crippen molar-refractivity contribution in [2.24, 2.45) is 5.92 Å². The third-order valence-electron chi connectivity index (χ3n) is 4.37. The number of hydrogen-bond donors (Lipinski definition) is 3. The minimum atomic E-state index is -5.08. The van der Waals surface area contributed by atoms with Crippen LogP contribution in [0.5, 0.6) is 0 Å². The predicted octanol–water partition coefficient (Wildman–Crippen LogP) is 3.60. The van der Waals surface area contributed by atoms with Crippen molar-refractivity contribution in [2.75, 3.05) is 6.54 Å². The van der Waals surface area contributed by atoms with Gasteiger partial charge in [0.25, 0.3) is 0 Å². The quantitative estimate of drug-likeness (QED) is 0.657. The maximum atomic E-state index is 14.5. The van der Waals surface area contributed by atoms with Gasteiger partial charge in [0, 0.05) is 18.7 Å². The van der Waals surface area contributed by atoms with Crippen LogP contribution in [0.1, 0.15) is 42.8 Å². The van der Waals surface area contributed by atoms with Gasteiger partial charge in [-0.25, -0.2) is 9.18 Å². The van der Waals surface area contributed by atoms with Crippen LogP contribution in [-0.2, 0) is 16.1 Å². The zero-order chi connectivity index (χ0) is 20.8. The summed E-state index contributed by atoms with van der Waals surface area (Å²) in [6.45, 7) is 4.63. The van der Waals surface area contributed by atoms with E-state index in [0.717, 1.165) is 17.1 Å². The Morgan fingerprint density at radius 1 is 1.26 bits per heavy atom. The molecule has 0 radical (unpaired) electrons. The molecule has 1 aromatic heterocycles. The van der Waals surface area contributed by atoms with Crippen LogP contribution >= 0.6 is 0 Å². The number of halogens is 4. The smallest absolute Gasteiger partial charge is 0.481 e. The molecular formula is C17H23F4NO5. The van der Waals surface area contributed by atoms with Gasteiger partial charge in [0.15, 0.2) is 0 Å². The number of aliphatic carboxylic acids is 2. The number of carboxylic acids is 2. The summed E-state index contributed by atoms with van der Waals surface area (Å²) in [5.41, 5.74) is -0.233. The molecule has 6 nitrogen and oxygen atoms in total. The highest BCUT2D eigenvalue weighted by Gasteiger charge is 2.38. The van der Waals surface area contributed by atoms with E-state index in [1.165, 1.54) is 0 Å². The van der Waals surface area contributed by atoms with E-state index in [4.69, 9.17) is 19.4 Å². The van der Waals surface area contributed by atoms with Gasteiger partial charge in [-0.2, -0.15) is 13.2 Å². The lowest BCUT2D eigenvalue weighted by Crippen LogP contribution is -2.40. The molecule has 27 heavy (non-hydrogen) atoms. The predicted molar refractivity (Wildman–Crippen MR) is 87.0 cm³/mol. The molecule has 10 heteroatoms. The highest BCUT2D eigenvalue weighted by Crippen LogP contribution is 2.34. The number of hydrogen-bond acceptors (Lipinski definition) is 4. The Bertz CT molecular complexity index is 648. The van der Waals surface area contributed by atoms with Crippen molar-refractivity contribution < 1.29 is 41.8 Å². The molecule has 1 heterocycles. The summed E-state index contributed by atoms with van der Waals surface area (Å²) < 4.78 is 51.7. The minimum absolute atomic E-state index is 0.267. The fourth-order valence-electron chi connectivity index (χ4n) is 2.84. The van der Waals surface area contributed by atoms with Gasteiger partial charge >= 0.3 is 18.1 Å². The van der Waals surface area contributed by atoms with Crippen LogP contribution in [0.15, 0.2) is 10.5 Å². The maximum absolute atomic E-state index is 14.5. The number of nitrogens with one attached hydrogen (secondary N) is 1. The van der Waals surface area contributed by atoms with Crippen molar-refractivity contribution in [3.05, 3.63) is 23.2 Å². The van der Waals surface area contributed by atoms with Crippen molar-refractivity contribution in [1.82, 2.24) is 5.32 Å². The summed E-state index contributed by atoms with van der Waals surface area (Å²) in [5, 5.41) is 19.2. The molecule has 0 unspecified atom stereocenters. The van der Waals surface area contributed by atoms with E-state index >= 15 is 0 Å². The van der Waals surface area contributed by atoms with Crippen LogP contribution in [0.3, 0.4) is 0 Å². The molecule has 0 bridgehead atoms. The zero-order valence-corrected chi connectivity index (χ0v) is 15.0. The number of rotatable bonds is 5. The Morgan fingerprint density at radius 2 is 1.78 bits per heavy atom. The van der Waals surface area contributed by atoms with Gasteiger partial charge in [-0.1, -0.05) is 0 Å². The molecule has 0 spiro atoms. The fraction of sp³-hybridized carbons (Fsp3) is 0.647. The van der Waals surface area contributed by atoms with E-state index < -0.39 is 23.8 Å². The summed E-state index contributed by atoms with van der Waals surface area (Å²) >= 11 is 0. The summed E-state index contributed by atoms with van der Waals surface area (Å²) in [5.74, 6) is -2.22. The molecular weight excluding hydrogens is 374 g/mol. The first kappa shape index (κ1) is 22.9. The van der Waals surface area contributed by atoms with Gasteiger partial charge in [-0.05, 0) is 45.6 Å². The van der Waals surface area contributed by atoms with Crippen molar-refractivity contribution in [1.29, 1.82) is 0 Å². The molecule has 3 N–H and O–H groups in total. The van der Waals surface area contributed by atoms with Gasteiger partial charge in [0.1, 0.15) is 17.2 Å². The Morgan fingerprint density at radius 3 is 2.15 bits per heavy atom. The molecule has 1 fully saturated rings. The topological polar surface area (TPSA) is 99.8 Å². The molecule has 0 aliphatic heterocycles. The first-order chi connectivity index (χ1) is 12.3. The number of carbonyl (C=O) groups is 2. The Labute approximate surface area is 153 Å². The van der Waals surface area contributed by atoms with Crippen molar-refractivity contribution >= 4 is 11.9 Å². The third kappa shape index (κ3) is 7.58. The van der Waals surface area contributed by atoms with Crippen LogP contribution in [0.2, 0.25) is 0 Å². The average Bonchev–Trinajstić information content (AvgIpc) is 2.85. The summed E-state index contributed by atoms with van der Waals surface area (Å²) in [6.07, 6.45) is -3.59. The van der Waals surface area contributed by atoms with E-state index in [2.05, 4.69) is 5.32 Å². The van der Waals surface area contributed by atoms with E-state index in [1.54, 1.807) is 0 Å². The third-order valence-corrected chi connectivity index (χ3v) is 4.37. The van der Waals surface area contributed by atoms with Gasteiger partial charge in [-0.15, -0.1) is 0 Å².